The van der Waals surface area contributed by atoms with Crippen LogP contribution < -0.4 is 15.5 Å². The van der Waals surface area contributed by atoms with Crippen LogP contribution >= 0.6 is 0 Å². The third-order valence-electron chi connectivity index (χ3n) is 9.80. The Morgan fingerprint density at radius 1 is 0.931 bits per heavy atom. The number of aromatic nitrogens is 1. The Morgan fingerprint density at radius 2 is 1.59 bits per heavy atom. The number of rotatable bonds is 12. The SMILES string of the molecule is CC1NOC(=O)[C@](NC(=O)OCc2ccccc2)(C(C)C)N([C@@](O)(C(=O)OCc2ccccn2)C(C)C)C(c2cccc(OC(=O)c3ccccc3)c2)C(F)(F)C1O. The molecule has 0 radical (unpaired) electrons. The minimum atomic E-state index is -4.44. The number of aliphatic hydroxyl groups is 2. The predicted octanol–water partition coefficient (Wildman–Crippen LogP) is 5.46. The van der Waals surface area contributed by atoms with Gasteiger partial charge in [0.15, 0.2) is 0 Å². The largest absolute Gasteiger partial charge is 0.456 e. The van der Waals surface area contributed by atoms with Gasteiger partial charge in [-0.25, -0.2) is 32.9 Å². The second-order valence-electron chi connectivity index (χ2n) is 14.4. The number of nitrogens with one attached hydrogen (secondary N) is 2. The van der Waals surface area contributed by atoms with E-state index in [-0.39, 0.29) is 23.6 Å². The van der Waals surface area contributed by atoms with E-state index in [0.717, 1.165) is 19.1 Å². The summed E-state index contributed by atoms with van der Waals surface area (Å²) in [7, 11) is 0. The number of nitrogens with zero attached hydrogens (tertiary/aromatic N) is 2. The maximum absolute atomic E-state index is 17.7. The van der Waals surface area contributed by atoms with Gasteiger partial charge in [-0.15, -0.1) is 5.48 Å². The monoisotopic (exact) mass is 804 g/mol. The van der Waals surface area contributed by atoms with Crippen molar-refractivity contribution in [1.82, 2.24) is 20.7 Å². The van der Waals surface area contributed by atoms with Crippen LogP contribution in [0.2, 0.25) is 0 Å². The van der Waals surface area contributed by atoms with Gasteiger partial charge in [-0.1, -0.05) is 94.4 Å². The van der Waals surface area contributed by atoms with Crippen molar-refractivity contribution < 1.29 is 57.2 Å². The molecule has 4 aromatic rings. The summed E-state index contributed by atoms with van der Waals surface area (Å²) in [6, 6.07) is 21.4. The van der Waals surface area contributed by atoms with Crippen LogP contribution in [0.25, 0.3) is 0 Å². The molecule has 4 N–H and O–H groups in total. The molecular weight excluding hydrogens is 758 g/mol. The molecule has 308 valence electrons. The number of aliphatic hydroxyl groups excluding tert-OH is 1. The number of alkyl halides is 2. The summed E-state index contributed by atoms with van der Waals surface area (Å²) in [5, 5.41) is 26.8. The average Bonchev–Trinajstić information content (AvgIpc) is 3.24. The summed E-state index contributed by atoms with van der Waals surface area (Å²) >= 11 is 0. The second kappa shape index (κ2) is 18.2. The smallest absolute Gasteiger partial charge is 0.409 e. The number of ether oxygens (including phenoxy) is 3. The van der Waals surface area contributed by atoms with E-state index in [9.17, 15) is 29.4 Å². The number of hydrogen-bond donors (Lipinski definition) is 4. The molecule has 0 bridgehead atoms. The van der Waals surface area contributed by atoms with Crippen molar-refractivity contribution in [3.05, 3.63) is 132 Å². The van der Waals surface area contributed by atoms with E-state index >= 15 is 8.78 Å². The zero-order chi connectivity index (χ0) is 42.3. The Labute approximate surface area is 334 Å². The minimum absolute atomic E-state index is 0.141. The van der Waals surface area contributed by atoms with Crippen molar-refractivity contribution in [2.45, 2.75) is 83.3 Å². The van der Waals surface area contributed by atoms with Crippen LogP contribution in [0.4, 0.5) is 13.6 Å². The van der Waals surface area contributed by atoms with Crippen molar-refractivity contribution in [3.63, 3.8) is 0 Å². The van der Waals surface area contributed by atoms with E-state index in [1.54, 1.807) is 60.7 Å². The highest BCUT2D eigenvalue weighted by atomic mass is 19.3. The van der Waals surface area contributed by atoms with Gasteiger partial charge >= 0.3 is 24.0 Å². The molecule has 5 rings (SSSR count). The van der Waals surface area contributed by atoms with Crippen LogP contribution in [0.5, 0.6) is 5.75 Å². The maximum atomic E-state index is 17.7. The van der Waals surface area contributed by atoms with Gasteiger partial charge in [-0.3, -0.25) is 10.3 Å². The summed E-state index contributed by atoms with van der Waals surface area (Å²) in [5.41, 5.74) is -3.61. The van der Waals surface area contributed by atoms with E-state index in [4.69, 9.17) is 19.0 Å². The molecule has 1 fully saturated rings. The van der Waals surface area contributed by atoms with Crippen LogP contribution in [-0.4, -0.2) is 73.6 Å². The van der Waals surface area contributed by atoms with Crippen LogP contribution in [0.3, 0.4) is 0 Å². The van der Waals surface area contributed by atoms with Gasteiger partial charge in [0.2, 0.25) is 11.4 Å². The minimum Gasteiger partial charge on any atom is -0.456 e. The highest BCUT2D eigenvalue weighted by Crippen LogP contribution is 2.50. The summed E-state index contributed by atoms with van der Waals surface area (Å²) in [4.78, 5) is 66.2. The molecule has 1 aliphatic heterocycles. The van der Waals surface area contributed by atoms with Gasteiger partial charge in [0.05, 0.1) is 17.3 Å². The summed E-state index contributed by atoms with van der Waals surface area (Å²) in [6.45, 7) is 5.57. The number of carbonyl (C=O) groups is 4. The number of carbonyl (C=O) groups excluding carboxylic acids is 4. The van der Waals surface area contributed by atoms with Gasteiger partial charge in [0.1, 0.15) is 31.1 Å². The highest BCUT2D eigenvalue weighted by molar-refractivity contribution is 5.91. The second-order valence-corrected chi connectivity index (χ2v) is 14.4. The predicted molar refractivity (Wildman–Crippen MR) is 203 cm³/mol. The van der Waals surface area contributed by atoms with E-state index in [2.05, 4.69) is 15.8 Å². The first-order valence-corrected chi connectivity index (χ1v) is 18.5. The Hall–Kier alpha value is -5.81. The lowest BCUT2D eigenvalue weighted by Crippen LogP contribution is -2.79. The molecule has 1 aromatic heterocycles. The standard InChI is InChI=1S/C42H46F2N4O10/c1-26(2)41(46-39(53)56-24-29-15-8-6-9-16-29)37(51)58-47-28(5)35(49)40(43,44)34(31-19-14-21-33(23-31)57-36(50)30-17-10-7-11-18-30)48(41)42(54,27(3)4)38(52)55-25-32-20-12-13-22-45-32/h6-23,26-28,34-35,47,49,54H,24-25H2,1-5H3,(H,46,53)/t28?,34?,35?,41-,42-/m0/s1. The van der Waals surface area contributed by atoms with E-state index in [1.807, 2.05) is 0 Å². The molecule has 0 saturated carbocycles. The Bertz CT molecular complexity index is 2040. The molecule has 1 aliphatic rings. The number of benzene rings is 3. The van der Waals surface area contributed by atoms with E-state index < -0.39 is 83.5 Å². The quantitative estimate of drug-likeness (QED) is 0.0805. The third kappa shape index (κ3) is 9.00. The van der Waals surface area contributed by atoms with Gasteiger partial charge < -0.3 is 29.3 Å². The van der Waals surface area contributed by atoms with Crippen molar-refractivity contribution in [3.8, 4) is 5.75 Å². The lowest BCUT2D eigenvalue weighted by Gasteiger charge is -2.55. The number of hydrogen-bond acceptors (Lipinski definition) is 13. The molecule has 16 heteroatoms. The van der Waals surface area contributed by atoms with Crippen LogP contribution in [0.1, 0.15) is 67.8 Å². The van der Waals surface area contributed by atoms with Crippen molar-refractivity contribution in [2.75, 3.05) is 0 Å². The van der Waals surface area contributed by atoms with Gasteiger partial charge in [0.25, 0.3) is 5.92 Å². The fraction of sp³-hybridized carbons (Fsp3) is 0.357. The number of amides is 1. The van der Waals surface area contributed by atoms with Crippen molar-refractivity contribution in [1.29, 1.82) is 0 Å². The van der Waals surface area contributed by atoms with Gasteiger partial charge in [0, 0.05) is 18.0 Å². The molecule has 2 heterocycles. The molecular formula is C42H46F2N4O10. The zero-order valence-corrected chi connectivity index (χ0v) is 32.5. The Balaban J connectivity index is 1.77. The lowest BCUT2D eigenvalue weighted by molar-refractivity contribution is -0.271. The third-order valence-corrected chi connectivity index (χ3v) is 9.80. The number of esters is 2. The summed E-state index contributed by atoms with van der Waals surface area (Å²) in [5.74, 6) is -11.3. The Morgan fingerprint density at radius 3 is 2.21 bits per heavy atom. The normalized spacial score (nSPS) is 22.1. The molecule has 58 heavy (non-hydrogen) atoms. The number of halogens is 2. The molecule has 1 saturated heterocycles. The fourth-order valence-corrected chi connectivity index (χ4v) is 6.61. The van der Waals surface area contributed by atoms with Crippen LogP contribution in [-0.2, 0) is 37.1 Å². The van der Waals surface area contributed by atoms with E-state index in [1.165, 1.54) is 64.2 Å². The number of hydroxylamine groups is 1. The first-order chi connectivity index (χ1) is 27.5. The van der Waals surface area contributed by atoms with E-state index in [0.29, 0.717) is 10.5 Å². The number of pyridine rings is 1. The number of alkyl carbamates (subject to hydrolysis) is 1. The Kier molecular flexibility index (Phi) is 13.6. The average molecular weight is 805 g/mol. The molecule has 5 atom stereocenters. The lowest BCUT2D eigenvalue weighted by atomic mass is 9.81. The molecule has 14 nitrogen and oxygen atoms in total. The topological polar surface area (TPSA) is 186 Å². The van der Waals surface area contributed by atoms with Gasteiger partial charge in [-0.05, 0) is 54.4 Å². The van der Waals surface area contributed by atoms with Crippen LogP contribution in [0, 0.1) is 11.8 Å². The molecule has 1 amide bonds. The molecule has 3 unspecified atom stereocenters. The first kappa shape index (κ1) is 43.3. The zero-order valence-electron chi connectivity index (χ0n) is 32.5. The summed E-state index contributed by atoms with van der Waals surface area (Å²) < 4.78 is 51.9. The highest BCUT2D eigenvalue weighted by Gasteiger charge is 2.69. The van der Waals surface area contributed by atoms with Crippen LogP contribution in [0.15, 0.2) is 109 Å². The summed E-state index contributed by atoms with van der Waals surface area (Å²) in [6.07, 6.45) is -2.60. The van der Waals surface area contributed by atoms with Gasteiger partial charge in [-0.2, -0.15) is 0 Å². The molecule has 3 aromatic carbocycles. The molecule has 0 spiro atoms. The first-order valence-electron chi connectivity index (χ1n) is 18.5. The maximum Gasteiger partial charge on any atom is 0.409 e. The fourth-order valence-electron chi connectivity index (χ4n) is 6.61. The molecule has 0 aliphatic carbocycles. The van der Waals surface area contributed by atoms with Crippen molar-refractivity contribution >= 4 is 24.0 Å². The van der Waals surface area contributed by atoms with Crippen molar-refractivity contribution in [2.24, 2.45) is 11.8 Å².